The Labute approximate surface area is 296 Å². The summed E-state index contributed by atoms with van der Waals surface area (Å²) in [6, 6.07) is -1.60. The lowest BCUT2D eigenvalue weighted by atomic mass is 9.89. The number of aliphatic hydroxyl groups is 2. The molecule has 2 heterocycles. The van der Waals surface area contributed by atoms with Crippen LogP contribution >= 0.6 is 0 Å². The topological polar surface area (TPSA) is 277 Å². The molecule has 2 aliphatic heterocycles. The van der Waals surface area contributed by atoms with Gasteiger partial charge >= 0.3 is 23.9 Å². The van der Waals surface area contributed by atoms with E-state index < -0.39 is 122 Å². The number of aliphatic carboxylic acids is 1. The summed E-state index contributed by atoms with van der Waals surface area (Å²) in [5.41, 5.74) is -6.57. The number of amides is 1. The first-order valence-electron chi connectivity index (χ1n) is 15.9. The number of nitrogens with one attached hydrogen (secondary N) is 1. The first-order chi connectivity index (χ1) is 22.9. The fourth-order valence-corrected chi connectivity index (χ4v) is 5.48. The Morgan fingerprint density at radius 2 is 1.27 bits per heavy atom. The van der Waals surface area contributed by atoms with Crippen LogP contribution in [0.15, 0.2) is 0 Å². The molecule has 0 saturated carbocycles. The Kier molecular flexibility index (Phi) is 13.5. The van der Waals surface area contributed by atoms with E-state index in [9.17, 15) is 52.3 Å². The lowest BCUT2D eigenvalue weighted by molar-refractivity contribution is -0.385. The van der Waals surface area contributed by atoms with Gasteiger partial charge in [0, 0.05) is 14.0 Å². The van der Waals surface area contributed by atoms with Crippen molar-refractivity contribution in [3.05, 3.63) is 0 Å². The number of carboxylic acid groups (broad SMARTS) is 1. The molecule has 1 unspecified atom stereocenters. The van der Waals surface area contributed by atoms with E-state index in [4.69, 9.17) is 33.2 Å². The third-order valence-electron chi connectivity index (χ3n) is 7.77. The normalized spacial score (nSPS) is 32.6. The van der Waals surface area contributed by atoms with Gasteiger partial charge in [0.2, 0.25) is 17.1 Å². The molecule has 2 aliphatic rings. The maximum absolute atomic E-state index is 13.5. The molecule has 2 fully saturated rings. The number of carbonyl (C=O) groups is 5. The molecule has 1 amide bonds. The Balaban J connectivity index is 2.94. The van der Waals surface area contributed by atoms with Gasteiger partial charge in [0.1, 0.15) is 24.4 Å². The highest BCUT2D eigenvalue weighted by atomic mass is 32.2. The summed E-state index contributed by atoms with van der Waals surface area (Å²) < 4.78 is 73.4. The van der Waals surface area contributed by atoms with Crippen LogP contribution in [0.25, 0.3) is 0 Å². The van der Waals surface area contributed by atoms with Crippen molar-refractivity contribution in [2.75, 3.05) is 7.11 Å². The smallest absolute Gasteiger partial charge is 0.337 e. The maximum Gasteiger partial charge on any atom is 0.337 e. The van der Waals surface area contributed by atoms with Gasteiger partial charge in [-0.2, -0.15) is 8.42 Å². The zero-order valence-corrected chi connectivity index (χ0v) is 31.5. The summed E-state index contributed by atoms with van der Waals surface area (Å²) in [5, 5.41) is 34.6. The SMILES string of the molecule is CO[C@H]1O[C@H](C(O)S(=O)(=O)O)[C@@H](O)[C@H](O[C@]2(C)O[C@H](C(=O)O)[C@@H](OC(=O)C(C)(C)C)[C@H](OC(=O)C(C)(C)C)[C@H]2OC(=O)C(C)(C)C)[C@H]1NC(C)=O. The molecule has 20 heteroatoms. The molecule has 0 aromatic carbocycles. The lowest BCUT2D eigenvalue weighted by Gasteiger charge is -2.53. The van der Waals surface area contributed by atoms with Gasteiger partial charge in [-0.3, -0.25) is 23.7 Å². The van der Waals surface area contributed by atoms with E-state index in [2.05, 4.69) is 5.32 Å². The quantitative estimate of drug-likeness (QED) is 0.110. The molecule has 5 N–H and O–H groups in total. The average Bonchev–Trinajstić information content (AvgIpc) is 2.95. The Morgan fingerprint density at radius 3 is 1.67 bits per heavy atom. The predicted molar refractivity (Wildman–Crippen MR) is 171 cm³/mol. The fourth-order valence-electron chi connectivity index (χ4n) is 4.92. The van der Waals surface area contributed by atoms with E-state index >= 15 is 0 Å². The Morgan fingerprint density at radius 1 is 0.824 bits per heavy atom. The zero-order valence-electron chi connectivity index (χ0n) is 30.7. The molecular formula is C31H51NO18S. The van der Waals surface area contributed by atoms with Gasteiger partial charge in [0.15, 0.2) is 30.7 Å². The molecule has 2 saturated heterocycles. The molecule has 0 radical (unpaired) electrons. The zero-order chi connectivity index (χ0) is 39.8. The van der Waals surface area contributed by atoms with Crippen LogP contribution < -0.4 is 5.32 Å². The predicted octanol–water partition coefficient (Wildman–Crippen LogP) is -0.112. The third-order valence-corrected chi connectivity index (χ3v) is 8.65. The van der Waals surface area contributed by atoms with Gasteiger partial charge in [0.05, 0.1) is 16.2 Å². The highest BCUT2D eigenvalue weighted by Crippen LogP contribution is 2.42. The molecule has 19 nitrogen and oxygen atoms in total. The summed E-state index contributed by atoms with van der Waals surface area (Å²) >= 11 is 0. The number of aliphatic hydroxyl groups excluding tert-OH is 2. The second-order valence-corrected chi connectivity index (χ2v) is 17.1. The van der Waals surface area contributed by atoms with Crippen LogP contribution in [0.5, 0.6) is 0 Å². The molecule has 0 bridgehead atoms. The molecule has 0 spiro atoms. The minimum Gasteiger partial charge on any atom is -0.479 e. The van der Waals surface area contributed by atoms with E-state index in [1.54, 1.807) is 0 Å². The first-order valence-corrected chi connectivity index (χ1v) is 17.4. The summed E-state index contributed by atoms with van der Waals surface area (Å²) in [6.45, 7) is 15.3. The molecule has 2 rings (SSSR count). The highest BCUT2D eigenvalue weighted by Gasteiger charge is 2.64. The number of hydrogen-bond acceptors (Lipinski definition) is 16. The second kappa shape index (κ2) is 15.6. The fraction of sp³-hybridized carbons (Fsp3) is 0.839. The first kappa shape index (κ1) is 44.2. The van der Waals surface area contributed by atoms with E-state index in [0.29, 0.717) is 0 Å². The van der Waals surface area contributed by atoms with Crippen molar-refractivity contribution >= 4 is 39.9 Å². The summed E-state index contributed by atoms with van der Waals surface area (Å²) in [7, 11) is -4.27. The van der Waals surface area contributed by atoms with Gasteiger partial charge in [0.25, 0.3) is 10.1 Å². The number of hydrogen-bond donors (Lipinski definition) is 5. The van der Waals surface area contributed by atoms with Gasteiger partial charge in [-0.15, -0.1) is 0 Å². The second-order valence-electron chi connectivity index (χ2n) is 15.6. The molecule has 0 aliphatic carbocycles. The van der Waals surface area contributed by atoms with Gasteiger partial charge in [-0.1, -0.05) is 0 Å². The molecule has 51 heavy (non-hydrogen) atoms. The standard InChI is InChI=1S/C31H51NO18S/c1-13(33)32-14-16(15(34)17(45-24(14)44-12)23(37)51(41,42)43)49-31(11)21(48-27(40)30(8,9)10)19(47-26(39)29(5,6)7)18(20(50-31)22(35)36)46-25(38)28(2,3)4/h14-21,23-24,34,37H,1-12H3,(H,32,33)(H,35,36)(H,41,42,43)/t14-,15+,16-,17+,18+,19+,20+,21-,23?,24+,31-/m1/s1. The number of methoxy groups -OCH3 is 1. The largest absolute Gasteiger partial charge is 0.479 e. The van der Waals surface area contributed by atoms with Crippen molar-refractivity contribution in [2.24, 2.45) is 16.2 Å². The van der Waals surface area contributed by atoms with E-state index in [1.807, 2.05) is 0 Å². The van der Waals surface area contributed by atoms with E-state index in [1.165, 1.54) is 62.3 Å². The van der Waals surface area contributed by atoms with Crippen molar-refractivity contribution in [1.29, 1.82) is 0 Å². The van der Waals surface area contributed by atoms with Gasteiger partial charge < -0.3 is 53.8 Å². The third kappa shape index (κ3) is 10.6. The molecular weight excluding hydrogens is 706 g/mol. The summed E-state index contributed by atoms with van der Waals surface area (Å²) in [6.07, 6.45) is -16.4. The minimum absolute atomic E-state index is 0.764. The number of esters is 3. The van der Waals surface area contributed by atoms with Crippen LogP contribution in [-0.4, -0.2) is 131 Å². The minimum atomic E-state index is -5.32. The number of ether oxygens (including phenoxy) is 7. The number of carboxylic acids is 1. The van der Waals surface area contributed by atoms with Crippen molar-refractivity contribution < 1.29 is 85.4 Å². The maximum atomic E-state index is 13.5. The van der Waals surface area contributed by atoms with Gasteiger partial charge in [-0.05, 0) is 69.2 Å². The molecule has 294 valence electrons. The highest BCUT2D eigenvalue weighted by molar-refractivity contribution is 7.86. The summed E-state index contributed by atoms with van der Waals surface area (Å²) in [4.78, 5) is 65.2. The van der Waals surface area contributed by atoms with Crippen LogP contribution in [0.3, 0.4) is 0 Å². The average molecular weight is 758 g/mol. The Bertz CT molecular complexity index is 1430. The van der Waals surface area contributed by atoms with Crippen LogP contribution in [0, 0.1) is 16.2 Å². The monoisotopic (exact) mass is 757 g/mol. The van der Waals surface area contributed by atoms with Crippen molar-refractivity contribution in [3.8, 4) is 0 Å². The number of carbonyl (C=O) groups excluding carboxylic acids is 4. The van der Waals surface area contributed by atoms with Crippen LogP contribution in [0.2, 0.25) is 0 Å². The van der Waals surface area contributed by atoms with Crippen molar-refractivity contribution in [3.63, 3.8) is 0 Å². The van der Waals surface area contributed by atoms with E-state index in [-0.39, 0.29) is 0 Å². The summed E-state index contributed by atoms with van der Waals surface area (Å²) in [5.74, 6) is -8.07. The molecule has 0 aromatic rings. The lowest BCUT2D eigenvalue weighted by Crippen LogP contribution is -2.73. The number of rotatable bonds is 10. The van der Waals surface area contributed by atoms with Gasteiger partial charge in [-0.25, -0.2) is 4.79 Å². The Hall–Kier alpha value is -2.98. The van der Waals surface area contributed by atoms with Crippen molar-refractivity contribution in [1.82, 2.24) is 5.32 Å². The van der Waals surface area contributed by atoms with Crippen LogP contribution in [0.1, 0.15) is 76.2 Å². The van der Waals surface area contributed by atoms with Crippen molar-refractivity contribution in [2.45, 2.75) is 142 Å². The molecule has 0 aromatic heterocycles. The van der Waals surface area contributed by atoms with E-state index in [0.717, 1.165) is 21.0 Å². The van der Waals surface area contributed by atoms with Crippen LogP contribution in [-0.2, 0) is 67.2 Å². The molecule has 11 atom stereocenters. The van der Waals surface area contributed by atoms with Crippen LogP contribution in [0.4, 0.5) is 0 Å².